The average molecular weight is 346 g/mol. The van der Waals surface area contributed by atoms with Gasteiger partial charge in [0.05, 0.1) is 0 Å². The average Bonchev–Trinajstić information content (AvgIpc) is 2.59. The summed E-state index contributed by atoms with van der Waals surface area (Å²) in [5.74, 6) is -0.502. The van der Waals surface area contributed by atoms with Crippen molar-refractivity contribution in [1.82, 2.24) is 0 Å². The molecule has 4 N–H and O–H groups in total. The number of aliphatic hydroxyl groups excluding tert-OH is 4. The van der Waals surface area contributed by atoms with Gasteiger partial charge in [0.2, 0.25) is 0 Å². The SMILES string of the molecule is C=CCCCCCCCCC(=O)OC[C@@H](O)[C@@H](O)[C@H](O)[C@@H](O)C=O. The molecule has 0 amide bonds. The van der Waals surface area contributed by atoms with Crippen LogP contribution in [-0.4, -0.2) is 63.7 Å². The number of esters is 1. The van der Waals surface area contributed by atoms with E-state index < -0.39 is 37.0 Å². The van der Waals surface area contributed by atoms with Gasteiger partial charge >= 0.3 is 5.97 Å². The van der Waals surface area contributed by atoms with E-state index in [-0.39, 0.29) is 12.7 Å². The van der Waals surface area contributed by atoms with Gasteiger partial charge in [0, 0.05) is 6.42 Å². The summed E-state index contributed by atoms with van der Waals surface area (Å²) in [5, 5.41) is 37.5. The summed E-state index contributed by atoms with van der Waals surface area (Å²) >= 11 is 0. The van der Waals surface area contributed by atoms with Crippen molar-refractivity contribution < 1.29 is 34.8 Å². The molecule has 0 aliphatic rings. The zero-order valence-electron chi connectivity index (χ0n) is 14.0. The van der Waals surface area contributed by atoms with Gasteiger partial charge < -0.3 is 30.0 Å². The Morgan fingerprint density at radius 3 is 2.12 bits per heavy atom. The number of hydrogen-bond acceptors (Lipinski definition) is 7. The molecule has 7 nitrogen and oxygen atoms in total. The number of allylic oxidation sites excluding steroid dienone is 1. The van der Waals surface area contributed by atoms with Crippen LogP contribution in [0.2, 0.25) is 0 Å². The highest BCUT2D eigenvalue weighted by Crippen LogP contribution is 2.10. The van der Waals surface area contributed by atoms with E-state index in [0.29, 0.717) is 6.42 Å². The van der Waals surface area contributed by atoms with Gasteiger partial charge in [-0.15, -0.1) is 6.58 Å². The fourth-order valence-electron chi connectivity index (χ4n) is 2.12. The first kappa shape index (κ1) is 22.7. The van der Waals surface area contributed by atoms with Crippen LogP contribution in [0.25, 0.3) is 0 Å². The molecule has 0 aromatic rings. The lowest BCUT2D eigenvalue weighted by Crippen LogP contribution is -2.46. The Morgan fingerprint density at radius 2 is 1.54 bits per heavy atom. The largest absolute Gasteiger partial charge is 0.463 e. The highest BCUT2D eigenvalue weighted by molar-refractivity contribution is 5.69. The van der Waals surface area contributed by atoms with Crippen molar-refractivity contribution in [3.05, 3.63) is 12.7 Å². The van der Waals surface area contributed by atoms with Crippen LogP contribution in [0, 0.1) is 0 Å². The van der Waals surface area contributed by atoms with Crippen LogP contribution in [0.3, 0.4) is 0 Å². The number of aldehydes is 1. The molecular weight excluding hydrogens is 316 g/mol. The molecule has 0 heterocycles. The molecule has 0 aliphatic carbocycles. The number of carbonyl (C=O) groups is 2. The lowest BCUT2D eigenvalue weighted by molar-refractivity contribution is -0.156. The molecule has 0 aromatic heterocycles. The van der Waals surface area contributed by atoms with E-state index in [4.69, 9.17) is 9.84 Å². The molecule has 0 spiro atoms. The molecular formula is C17H30O7. The van der Waals surface area contributed by atoms with Gasteiger partial charge in [-0.2, -0.15) is 0 Å². The molecule has 0 aliphatic heterocycles. The van der Waals surface area contributed by atoms with Gasteiger partial charge in [-0.05, 0) is 19.3 Å². The smallest absolute Gasteiger partial charge is 0.305 e. The van der Waals surface area contributed by atoms with Gasteiger partial charge in [-0.3, -0.25) is 4.79 Å². The summed E-state index contributed by atoms with van der Waals surface area (Å²) in [5.41, 5.74) is 0. The number of unbranched alkanes of at least 4 members (excludes halogenated alkanes) is 6. The summed E-state index contributed by atoms with van der Waals surface area (Å²) < 4.78 is 4.81. The first-order chi connectivity index (χ1) is 11.4. The van der Waals surface area contributed by atoms with E-state index in [9.17, 15) is 24.9 Å². The second-order valence-electron chi connectivity index (χ2n) is 5.81. The minimum Gasteiger partial charge on any atom is -0.463 e. The van der Waals surface area contributed by atoms with Crippen LogP contribution in [0.1, 0.15) is 51.4 Å². The van der Waals surface area contributed by atoms with Gasteiger partial charge in [-0.25, -0.2) is 0 Å². The van der Waals surface area contributed by atoms with E-state index >= 15 is 0 Å². The number of ether oxygens (including phenoxy) is 1. The van der Waals surface area contributed by atoms with E-state index in [0.717, 1.165) is 38.5 Å². The molecule has 0 aromatic carbocycles. The first-order valence-electron chi connectivity index (χ1n) is 8.38. The predicted octanol–water partition coefficient (Wildman–Crippen LogP) is 0.479. The van der Waals surface area contributed by atoms with Crippen LogP contribution in [-0.2, 0) is 14.3 Å². The van der Waals surface area contributed by atoms with Gasteiger partial charge in [0.25, 0.3) is 0 Å². The molecule has 0 bridgehead atoms. The van der Waals surface area contributed by atoms with Crippen LogP contribution in [0.4, 0.5) is 0 Å². The Bertz CT molecular complexity index is 359. The van der Waals surface area contributed by atoms with Crippen molar-refractivity contribution in [1.29, 1.82) is 0 Å². The maximum absolute atomic E-state index is 11.5. The third kappa shape index (κ3) is 10.5. The van der Waals surface area contributed by atoms with Gasteiger partial charge in [0.15, 0.2) is 6.29 Å². The third-order valence-corrected chi connectivity index (χ3v) is 3.69. The molecule has 0 unspecified atom stereocenters. The van der Waals surface area contributed by atoms with Crippen LogP contribution in [0.5, 0.6) is 0 Å². The lowest BCUT2D eigenvalue weighted by Gasteiger charge is -2.23. The van der Waals surface area contributed by atoms with Crippen molar-refractivity contribution >= 4 is 12.3 Å². The van der Waals surface area contributed by atoms with Crippen molar-refractivity contribution in [2.75, 3.05) is 6.61 Å². The van der Waals surface area contributed by atoms with E-state index in [1.165, 1.54) is 0 Å². The Labute approximate surface area is 143 Å². The highest BCUT2D eigenvalue weighted by Gasteiger charge is 2.30. The fourth-order valence-corrected chi connectivity index (χ4v) is 2.12. The molecule has 4 atom stereocenters. The minimum absolute atomic E-state index is 0.0457. The summed E-state index contributed by atoms with van der Waals surface area (Å²) in [4.78, 5) is 21.8. The van der Waals surface area contributed by atoms with Crippen LogP contribution >= 0.6 is 0 Å². The van der Waals surface area contributed by atoms with Crippen LogP contribution < -0.4 is 0 Å². The van der Waals surface area contributed by atoms with Gasteiger partial charge in [-0.1, -0.05) is 31.8 Å². The minimum atomic E-state index is -1.84. The highest BCUT2D eigenvalue weighted by atomic mass is 16.5. The first-order valence-corrected chi connectivity index (χ1v) is 8.38. The zero-order valence-corrected chi connectivity index (χ0v) is 14.0. The second-order valence-corrected chi connectivity index (χ2v) is 5.81. The molecule has 0 rings (SSSR count). The number of hydrogen-bond donors (Lipinski definition) is 4. The number of aliphatic hydroxyl groups is 4. The summed E-state index contributed by atoms with van der Waals surface area (Å²) in [7, 11) is 0. The van der Waals surface area contributed by atoms with Crippen molar-refractivity contribution in [3.63, 3.8) is 0 Å². The molecule has 0 fully saturated rings. The second kappa shape index (κ2) is 14.1. The quantitative estimate of drug-likeness (QED) is 0.147. The van der Waals surface area contributed by atoms with Crippen molar-refractivity contribution in [2.24, 2.45) is 0 Å². The molecule has 7 heteroatoms. The number of carbonyl (C=O) groups excluding carboxylic acids is 2. The van der Waals surface area contributed by atoms with Gasteiger partial charge in [0.1, 0.15) is 31.0 Å². The normalized spacial score (nSPS) is 16.0. The summed E-state index contributed by atoms with van der Waals surface area (Å²) in [6.07, 6.45) is 2.23. The standard InChI is InChI=1S/C17H30O7/c1-2-3-4-5-6-7-8-9-10-15(21)24-12-14(20)17(23)16(22)13(19)11-18/h2,11,13-14,16-17,19-20,22-23H,1,3-10,12H2/t13-,14+,16+,17+/m0/s1. The van der Waals surface area contributed by atoms with E-state index in [1.807, 2.05) is 6.08 Å². The molecule has 140 valence electrons. The summed E-state index contributed by atoms with van der Waals surface area (Å²) in [6, 6.07) is 0. The van der Waals surface area contributed by atoms with Crippen LogP contribution in [0.15, 0.2) is 12.7 Å². The maximum Gasteiger partial charge on any atom is 0.305 e. The van der Waals surface area contributed by atoms with Crippen molar-refractivity contribution in [3.8, 4) is 0 Å². The zero-order chi connectivity index (χ0) is 18.4. The molecule has 24 heavy (non-hydrogen) atoms. The molecule has 0 radical (unpaired) electrons. The third-order valence-electron chi connectivity index (χ3n) is 3.69. The van der Waals surface area contributed by atoms with E-state index in [2.05, 4.69) is 6.58 Å². The Balaban J connectivity index is 3.74. The lowest BCUT2D eigenvalue weighted by atomic mass is 10.0. The topological polar surface area (TPSA) is 124 Å². The Morgan fingerprint density at radius 1 is 0.958 bits per heavy atom. The monoisotopic (exact) mass is 346 g/mol. The maximum atomic E-state index is 11.5. The van der Waals surface area contributed by atoms with E-state index in [1.54, 1.807) is 0 Å². The Kier molecular flexibility index (Phi) is 13.3. The number of rotatable bonds is 15. The molecule has 0 saturated carbocycles. The molecule has 0 saturated heterocycles. The van der Waals surface area contributed by atoms with Crippen molar-refractivity contribution in [2.45, 2.75) is 75.8 Å². The Hall–Kier alpha value is -1.28. The fraction of sp³-hybridized carbons (Fsp3) is 0.765. The predicted molar refractivity (Wildman–Crippen MR) is 88.2 cm³/mol. The summed E-state index contributed by atoms with van der Waals surface area (Å²) in [6.45, 7) is 3.15.